The maximum absolute atomic E-state index is 12.3. The molecule has 2 aliphatic rings. The summed E-state index contributed by atoms with van der Waals surface area (Å²) in [6.07, 6.45) is 8.02. The van der Waals surface area contributed by atoms with Crippen molar-refractivity contribution >= 4 is 6.09 Å². The van der Waals surface area contributed by atoms with Gasteiger partial charge in [0.25, 0.3) is 0 Å². The lowest BCUT2D eigenvalue weighted by molar-refractivity contribution is -0.0273. The van der Waals surface area contributed by atoms with Gasteiger partial charge >= 0.3 is 6.09 Å². The van der Waals surface area contributed by atoms with Gasteiger partial charge in [-0.1, -0.05) is 56.0 Å². The Labute approximate surface area is 157 Å². The number of benzene rings is 1. The van der Waals surface area contributed by atoms with Crippen LogP contribution in [-0.4, -0.2) is 49.9 Å². The molecule has 0 radical (unpaired) electrons. The van der Waals surface area contributed by atoms with Gasteiger partial charge < -0.3 is 19.7 Å². The zero-order chi connectivity index (χ0) is 18.0. The largest absolute Gasteiger partial charge is 0.445 e. The number of morpholine rings is 1. The third-order valence-corrected chi connectivity index (χ3v) is 5.38. The molecule has 0 spiro atoms. The molecule has 0 aromatic heterocycles. The van der Waals surface area contributed by atoms with E-state index in [9.17, 15) is 4.79 Å². The van der Waals surface area contributed by atoms with Gasteiger partial charge in [-0.25, -0.2) is 4.79 Å². The monoisotopic (exact) mass is 360 g/mol. The first-order chi connectivity index (χ1) is 12.8. The Morgan fingerprint density at radius 2 is 1.88 bits per heavy atom. The number of carbonyl (C=O) groups excluding carboxylic acids is 1. The van der Waals surface area contributed by atoms with Gasteiger partial charge in [0.15, 0.2) is 0 Å². The van der Waals surface area contributed by atoms with Crippen molar-refractivity contribution in [2.75, 3.05) is 32.8 Å². The van der Waals surface area contributed by atoms with E-state index in [1.165, 1.54) is 38.5 Å². The third-order valence-electron chi connectivity index (χ3n) is 5.38. The van der Waals surface area contributed by atoms with Gasteiger partial charge in [-0.15, -0.1) is 0 Å². The Bertz CT molecular complexity index is 529. The fourth-order valence-corrected chi connectivity index (χ4v) is 3.84. The average molecular weight is 360 g/mol. The lowest BCUT2D eigenvalue weighted by atomic mass is 10.0. The molecular weight excluding hydrogens is 328 g/mol. The Hall–Kier alpha value is -1.59. The molecule has 1 aromatic rings. The minimum absolute atomic E-state index is 0.0544. The van der Waals surface area contributed by atoms with E-state index in [2.05, 4.69) is 5.32 Å². The Balaban J connectivity index is 1.35. The first-order valence-corrected chi connectivity index (χ1v) is 10.1. The maximum Gasteiger partial charge on any atom is 0.410 e. The van der Waals surface area contributed by atoms with Crippen molar-refractivity contribution in [3.05, 3.63) is 35.9 Å². The molecule has 1 aromatic carbocycles. The highest BCUT2D eigenvalue weighted by Gasteiger charge is 2.25. The molecule has 1 saturated carbocycles. The maximum atomic E-state index is 12.3. The number of rotatable bonds is 6. The van der Waals surface area contributed by atoms with Crippen molar-refractivity contribution in [1.82, 2.24) is 10.2 Å². The fourth-order valence-electron chi connectivity index (χ4n) is 3.84. The first-order valence-electron chi connectivity index (χ1n) is 10.1. The van der Waals surface area contributed by atoms with Crippen LogP contribution in [0.15, 0.2) is 30.3 Å². The van der Waals surface area contributed by atoms with Crippen LogP contribution >= 0.6 is 0 Å². The van der Waals surface area contributed by atoms with Crippen molar-refractivity contribution in [1.29, 1.82) is 0 Å². The molecule has 144 valence electrons. The second kappa shape index (κ2) is 10.5. The van der Waals surface area contributed by atoms with Crippen molar-refractivity contribution < 1.29 is 14.3 Å². The van der Waals surface area contributed by atoms with Crippen molar-refractivity contribution in [2.45, 2.75) is 51.2 Å². The van der Waals surface area contributed by atoms with E-state index in [1.54, 1.807) is 4.90 Å². The fraction of sp³-hybridized carbons (Fsp3) is 0.667. The van der Waals surface area contributed by atoms with E-state index < -0.39 is 0 Å². The van der Waals surface area contributed by atoms with Gasteiger partial charge in [-0.2, -0.15) is 0 Å². The normalized spacial score (nSPS) is 22.0. The van der Waals surface area contributed by atoms with E-state index >= 15 is 0 Å². The predicted octanol–water partition coefficient (Wildman–Crippen LogP) is 3.58. The molecular formula is C21H32N2O3. The summed E-state index contributed by atoms with van der Waals surface area (Å²) in [5.41, 5.74) is 1.01. The summed E-state index contributed by atoms with van der Waals surface area (Å²) in [6.45, 7) is 3.98. The van der Waals surface area contributed by atoms with Crippen LogP contribution in [0.5, 0.6) is 0 Å². The molecule has 1 N–H and O–H groups in total. The van der Waals surface area contributed by atoms with E-state index in [1.807, 2.05) is 30.3 Å². The molecule has 5 heteroatoms. The van der Waals surface area contributed by atoms with Crippen molar-refractivity contribution in [2.24, 2.45) is 5.92 Å². The van der Waals surface area contributed by atoms with Crippen LogP contribution in [0.4, 0.5) is 4.79 Å². The number of amides is 1. The van der Waals surface area contributed by atoms with Crippen molar-refractivity contribution in [3.63, 3.8) is 0 Å². The highest BCUT2D eigenvalue weighted by molar-refractivity contribution is 5.67. The molecule has 26 heavy (non-hydrogen) atoms. The van der Waals surface area contributed by atoms with E-state index in [0.29, 0.717) is 26.3 Å². The molecule has 3 rings (SSSR count). The van der Waals surface area contributed by atoms with Crippen LogP contribution in [0.1, 0.15) is 44.1 Å². The lowest BCUT2D eigenvalue weighted by Crippen LogP contribution is -2.49. The minimum Gasteiger partial charge on any atom is -0.445 e. The second-order valence-corrected chi connectivity index (χ2v) is 7.49. The van der Waals surface area contributed by atoms with Gasteiger partial charge in [0.1, 0.15) is 6.61 Å². The number of nitrogens with zero attached hydrogens (tertiary/aromatic N) is 1. The zero-order valence-corrected chi connectivity index (χ0v) is 15.7. The summed E-state index contributed by atoms with van der Waals surface area (Å²) in [5, 5.41) is 3.57. The Kier molecular flexibility index (Phi) is 7.77. The van der Waals surface area contributed by atoms with Crippen LogP contribution in [0, 0.1) is 5.92 Å². The molecule has 1 heterocycles. The number of hydrogen-bond donors (Lipinski definition) is 1. The van der Waals surface area contributed by atoms with E-state index in [4.69, 9.17) is 9.47 Å². The van der Waals surface area contributed by atoms with Crippen LogP contribution in [0.25, 0.3) is 0 Å². The number of ether oxygens (including phenoxy) is 2. The van der Waals surface area contributed by atoms with Crippen LogP contribution in [0.3, 0.4) is 0 Å². The molecule has 1 amide bonds. The third kappa shape index (κ3) is 6.29. The quantitative estimate of drug-likeness (QED) is 0.788. The molecule has 1 aliphatic heterocycles. The minimum atomic E-state index is -0.245. The first kappa shape index (κ1) is 19.2. The highest BCUT2D eigenvalue weighted by Crippen LogP contribution is 2.22. The smallest absolute Gasteiger partial charge is 0.410 e. The molecule has 1 aliphatic carbocycles. The second-order valence-electron chi connectivity index (χ2n) is 7.49. The summed E-state index contributed by atoms with van der Waals surface area (Å²) in [6, 6.07) is 9.79. The summed E-state index contributed by atoms with van der Waals surface area (Å²) < 4.78 is 11.3. The summed E-state index contributed by atoms with van der Waals surface area (Å²) in [7, 11) is 0. The van der Waals surface area contributed by atoms with Gasteiger partial charge in [-0.3, -0.25) is 0 Å². The van der Waals surface area contributed by atoms with Gasteiger partial charge in [-0.05, 0) is 30.9 Å². The molecule has 1 unspecified atom stereocenters. The number of nitrogens with one attached hydrogen (secondary N) is 1. The zero-order valence-electron chi connectivity index (χ0n) is 15.7. The van der Waals surface area contributed by atoms with Gasteiger partial charge in [0.2, 0.25) is 0 Å². The molecule has 2 fully saturated rings. The summed E-state index contributed by atoms with van der Waals surface area (Å²) >= 11 is 0. The number of carbonyl (C=O) groups is 1. The Morgan fingerprint density at radius 1 is 1.12 bits per heavy atom. The van der Waals surface area contributed by atoms with Crippen LogP contribution < -0.4 is 5.32 Å². The van der Waals surface area contributed by atoms with E-state index in [-0.39, 0.29) is 12.2 Å². The average Bonchev–Trinajstić information content (AvgIpc) is 2.96. The Morgan fingerprint density at radius 3 is 2.65 bits per heavy atom. The van der Waals surface area contributed by atoms with E-state index in [0.717, 1.165) is 24.6 Å². The van der Waals surface area contributed by atoms with Gasteiger partial charge in [0, 0.05) is 13.1 Å². The predicted molar refractivity (Wildman–Crippen MR) is 102 cm³/mol. The van der Waals surface area contributed by atoms with Crippen molar-refractivity contribution in [3.8, 4) is 0 Å². The summed E-state index contributed by atoms with van der Waals surface area (Å²) in [4.78, 5) is 14.1. The molecule has 0 bridgehead atoms. The van der Waals surface area contributed by atoms with Crippen LogP contribution in [0.2, 0.25) is 0 Å². The molecule has 5 nitrogen and oxygen atoms in total. The highest BCUT2D eigenvalue weighted by atomic mass is 16.6. The molecule has 1 saturated heterocycles. The molecule has 1 atom stereocenters. The lowest BCUT2D eigenvalue weighted by Gasteiger charge is -2.32. The van der Waals surface area contributed by atoms with Crippen LogP contribution in [-0.2, 0) is 16.1 Å². The van der Waals surface area contributed by atoms with Gasteiger partial charge in [0.05, 0.1) is 19.3 Å². The number of hydrogen-bond acceptors (Lipinski definition) is 4. The SMILES string of the molecule is O=C(OCc1ccccc1)N1CCOC(CNCC2CCCCCC2)C1. The standard InChI is InChI=1S/C21H32N2O3/c24-21(26-17-19-10-6-3-7-11-19)23-12-13-25-20(16-23)15-22-14-18-8-4-1-2-5-9-18/h3,6-7,10-11,18,20,22H,1-2,4-5,8-9,12-17H2. The summed E-state index contributed by atoms with van der Waals surface area (Å²) in [5.74, 6) is 0.799. The topological polar surface area (TPSA) is 50.8 Å².